The average Bonchev–Trinajstić information content (AvgIpc) is 2.86. The molecule has 148 valence electrons. The molecular formula is C22H39N3O. The molecule has 1 aliphatic carbocycles. The molecule has 1 atom stereocenters. The van der Waals surface area contributed by atoms with Crippen LogP contribution in [-0.4, -0.2) is 60.5 Å². The molecule has 0 saturated carbocycles. The molecule has 0 aromatic carbocycles. The number of nitrogens with one attached hydrogen (secondary N) is 1. The van der Waals surface area contributed by atoms with E-state index in [4.69, 9.17) is 0 Å². The van der Waals surface area contributed by atoms with Crippen LogP contribution in [0.1, 0.15) is 72.6 Å². The summed E-state index contributed by atoms with van der Waals surface area (Å²) in [5, 5.41) is 3.21. The molecule has 2 heterocycles. The Morgan fingerprint density at radius 2 is 1.92 bits per heavy atom. The van der Waals surface area contributed by atoms with Gasteiger partial charge in [-0.2, -0.15) is 0 Å². The molecule has 4 nitrogen and oxygen atoms in total. The number of hydrogen-bond acceptors (Lipinski definition) is 3. The minimum absolute atomic E-state index is 0.117. The predicted octanol–water partition coefficient (Wildman–Crippen LogP) is 3.58. The van der Waals surface area contributed by atoms with Gasteiger partial charge in [-0.3, -0.25) is 9.69 Å². The average molecular weight is 362 g/mol. The van der Waals surface area contributed by atoms with Gasteiger partial charge >= 0.3 is 0 Å². The van der Waals surface area contributed by atoms with Crippen LogP contribution in [0.25, 0.3) is 0 Å². The third kappa shape index (κ3) is 4.17. The van der Waals surface area contributed by atoms with Crippen molar-refractivity contribution in [2.24, 2.45) is 5.41 Å². The normalized spacial score (nSPS) is 29.3. The van der Waals surface area contributed by atoms with Crippen LogP contribution in [0.3, 0.4) is 0 Å². The molecule has 3 rings (SSSR count). The van der Waals surface area contributed by atoms with Crippen LogP contribution in [0.15, 0.2) is 11.1 Å². The van der Waals surface area contributed by atoms with Crippen LogP contribution in [0, 0.1) is 5.41 Å². The largest absolute Gasteiger partial charge is 0.352 e. The lowest BCUT2D eigenvalue weighted by Gasteiger charge is -2.45. The summed E-state index contributed by atoms with van der Waals surface area (Å²) in [4.78, 5) is 16.8. The summed E-state index contributed by atoms with van der Waals surface area (Å²) in [6, 6.07) is 0.324. The zero-order valence-corrected chi connectivity index (χ0v) is 17.7. The SMILES string of the molecule is CC(=O)N[C@@H]1CN(CCC2=C(C)CCCC2(C)C)C2(CCN(C)CC2)C1. The van der Waals surface area contributed by atoms with Gasteiger partial charge < -0.3 is 10.2 Å². The maximum Gasteiger partial charge on any atom is 0.217 e. The van der Waals surface area contributed by atoms with E-state index in [0.717, 1.165) is 19.5 Å². The van der Waals surface area contributed by atoms with E-state index in [0.29, 0.717) is 17.0 Å². The number of hydrogen-bond donors (Lipinski definition) is 1. The first kappa shape index (κ1) is 19.9. The number of piperidine rings is 1. The van der Waals surface area contributed by atoms with E-state index in [1.54, 1.807) is 18.1 Å². The van der Waals surface area contributed by atoms with E-state index >= 15 is 0 Å². The smallest absolute Gasteiger partial charge is 0.217 e. The van der Waals surface area contributed by atoms with Gasteiger partial charge in [0.1, 0.15) is 0 Å². The van der Waals surface area contributed by atoms with Gasteiger partial charge in [0.15, 0.2) is 0 Å². The number of allylic oxidation sites excluding steroid dienone is 1. The van der Waals surface area contributed by atoms with Gasteiger partial charge in [0.2, 0.25) is 5.91 Å². The van der Waals surface area contributed by atoms with Crippen LogP contribution in [0.5, 0.6) is 0 Å². The fourth-order valence-corrected chi connectivity index (χ4v) is 5.85. The van der Waals surface area contributed by atoms with E-state index in [2.05, 4.69) is 42.9 Å². The van der Waals surface area contributed by atoms with Crippen molar-refractivity contribution in [3.8, 4) is 0 Å². The van der Waals surface area contributed by atoms with E-state index in [-0.39, 0.29) is 5.91 Å². The van der Waals surface area contributed by atoms with E-state index in [1.807, 2.05) is 0 Å². The van der Waals surface area contributed by atoms with Gasteiger partial charge in [0, 0.05) is 31.6 Å². The molecule has 2 fully saturated rings. The highest BCUT2D eigenvalue weighted by molar-refractivity contribution is 5.73. The van der Waals surface area contributed by atoms with E-state index in [9.17, 15) is 4.79 Å². The molecule has 1 spiro atoms. The Hall–Kier alpha value is -0.870. The Morgan fingerprint density at radius 3 is 2.54 bits per heavy atom. The van der Waals surface area contributed by atoms with Crippen LogP contribution >= 0.6 is 0 Å². The highest BCUT2D eigenvalue weighted by Crippen LogP contribution is 2.43. The van der Waals surface area contributed by atoms with Crippen molar-refractivity contribution in [1.82, 2.24) is 15.1 Å². The minimum Gasteiger partial charge on any atom is -0.352 e. The van der Waals surface area contributed by atoms with Crippen LogP contribution in [0.2, 0.25) is 0 Å². The Kier molecular flexibility index (Phi) is 5.83. The van der Waals surface area contributed by atoms with Crippen molar-refractivity contribution >= 4 is 5.91 Å². The second-order valence-corrected chi connectivity index (χ2v) is 9.82. The molecule has 26 heavy (non-hydrogen) atoms. The molecule has 0 radical (unpaired) electrons. The standard InChI is InChI=1S/C22H39N3O/c1-17-7-6-9-21(3,4)20(17)8-12-25-16-19(23-18(2)26)15-22(25)10-13-24(5)14-11-22/h19H,6-16H2,1-5H3,(H,23,26)/t19-/m0/s1. The van der Waals surface area contributed by atoms with Gasteiger partial charge in [0.25, 0.3) is 0 Å². The van der Waals surface area contributed by atoms with Gasteiger partial charge in [-0.25, -0.2) is 0 Å². The monoisotopic (exact) mass is 361 g/mol. The summed E-state index contributed by atoms with van der Waals surface area (Å²) < 4.78 is 0. The minimum atomic E-state index is 0.117. The molecule has 0 aromatic heterocycles. The predicted molar refractivity (Wildman–Crippen MR) is 108 cm³/mol. The molecular weight excluding hydrogens is 322 g/mol. The number of carbonyl (C=O) groups excluding carboxylic acids is 1. The lowest BCUT2D eigenvalue weighted by molar-refractivity contribution is -0.119. The van der Waals surface area contributed by atoms with Crippen molar-refractivity contribution < 1.29 is 4.79 Å². The van der Waals surface area contributed by atoms with Gasteiger partial charge in [-0.05, 0) is 77.4 Å². The van der Waals surface area contributed by atoms with Crippen molar-refractivity contribution in [3.63, 3.8) is 0 Å². The summed E-state index contributed by atoms with van der Waals surface area (Å²) in [6.45, 7) is 13.4. The van der Waals surface area contributed by atoms with Crippen molar-refractivity contribution in [2.75, 3.05) is 33.2 Å². The maximum absolute atomic E-state index is 11.6. The summed E-state index contributed by atoms with van der Waals surface area (Å²) in [7, 11) is 2.23. The second-order valence-electron chi connectivity index (χ2n) is 9.82. The maximum atomic E-state index is 11.6. The van der Waals surface area contributed by atoms with Gasteiger partial charge in [-0.1, -0.05) is 25.0 Å². The highest BCUT2D eigenvalue weighted by Gasteiger charge is 2.46. The molecule has 0 bridgehead atoms. The quantitative estimate of drug-likeness (QED) is 0.778. The third-order valence-electron chi connectivity index (χ3n) is 7.38. The lowest BCUT2D eigenvalue weighted by atomic mass is 9.71. The lowest BCUT2D eigenvalue weighted by Crippen LogP contribution is -2.51. The fraction of sp³-hybridized carbons (Fsp3) is 0.864. The zero-order chi connectivity index (χ0) is 18.9. The number of carbonyl (C=O) groups is 1. The Bertz CT molecular complexity index is 558. The van der Waals surface area contributed by atoms with Crippen LogP contribution < -0.4 is 5.32 Å². The molecule has 1 N–H and O–H groups in total. The number of amides is 1. The summed E-state index contributed by atoms with van der Waals surface area (Å²) in [5.41, 5.74) is 4.00. The highest BCUT2D eigenvalue weighted by atomic mass is 16.1. The molecule has 2 aliphatic heterocycles. The Labute approximate surface area is 160 Å². The van der Waals surface area contributed by atoms with E-state index in [1.165, 1.54) is 51.6 Å². The number of nitrogens with zero attached hydrogens (tertiary/aromatic N) is 2. The van der Waals surface area contributed by atoms with Gasteiger partial charge in [-0.15, -0.1) is 0 Å². The molecule has 0 unspecified atom stereocenters. The topological polar surface area (TPSA) is 35.6 Å². The van der Waals surface area contributed by atoms with E-state index < -0.39 is 0 Å². The summed E-state index contributed by atoms with van der Waals surface area (Å²) in [6.07, 6.45) is 8.74. The van der Waals surface area contributed by atoms with Crippen LogP contribution in [0.4, 0.5) is 0 Å². The first-order valence-electron chi connectivity index (χ1n) is 10.6. The number of rotatable bonds is 4. The Balaban J connectivity index is 1.72. The van der Waals surface area contributed by atoms with Crippen LogP contribution in [-0.2, 0) is 4.79 Å². The fourth-order valence-electron chi connectivity index (χ4n) is 5.85. The zero-order valence-electron chi connectivity index (χ0n) is 17.7. The molecule has 1 amide bonds. The van der Waals surface area contributed by atoms with Crippen molar-refractivity contribution in [3.05, 3.63) is 11.1 Å². The second kappa shape index (κ2) is 7.63. The van der Waals surface area contributed by atoms with Crippen molar-refractivity contribution in [1.29, 1.82) is 0 Å². The molecule has 2 saturated heterocycles. The first-order chi connectivity index (χ1) is 12.2. The molecule has 3 aliphatic rings. The molecule has 4 heteroatoms. The first-order valence-corrected chi connectivity index (χ1v) is 10.6. The summed E-state index contributed by atoms with van der Waals surface area (Å²) in [5.74, 6) is 0.117. The summed E-state index contributed by atoms with van der Waals surface area (Å²) >= 11 is 0. The Morgan fingerprint density at radius 1 is 1.23 bits per heavy atom. The van der Waals surface area contributed by atoms with Gasteiger partial charge in [0.05, 0.1) is 0 Å². The number of likely N-dealkylation sites (tertiary alicyclic amines) is 2. The molecule has 0 aromatic rings. The third-order valence-corrected chi connectivity index (χ3v) is 7.38. The van der Waals surface area contributed by atoms with Crippen molar-refractivity contribution in [2.45, 2.75) is 84.2 Å².